The van der Waals surface area contributed by atoms with Crippen LogP contribution in [0.2, 0.25) is 0 Å². The Morgan fingerprint density at radius 2 is 2.21 bits per heavy atom. The molecule has 1 aromatic heterocycles. The largest absolute Gasteiger partial charge is 0.496 e. The molecule has 2 rings (SSSR count). The van der Waals surface area contributed by atoms with Gasteiger partial charge in [-0.25, -0.2) is 4.39 Å². The van der Waals surface area contributed by atoms with E-state index in [-0.39, 0.29) is 5.82 Å². The van der Waals surface area contributed by atoms with Crippen LogP contribution in [-0.2, 0) is 6.42 Å². The number of fused-ring (bicyclic) bond motifs is 1. The van der Waals surface area contributed by atoms with Gasteiger partial charge in [0.25, 0.3) is 0 Å². The van der Waals surface area contributed by atoms with Crippen LogP contribution in [0.15, 0.2) is 17.5 Å². The van der Waals surface area contributed by atoms with Crippen molar-refractivity contribution in [1.82, 2.24) is 0 Å². The average molecular weight is 210 g/mol. The molecule has 14 heavy (non-hydrogen) atoms. The van der Waals surface area contributed by atoms with Gasteiger partial charge in [-0.05, 0) is 29.5 Å². The summed E-state index contributed by atoms with van der Waals surface area (Å²) in [6.07, 6.45) is 0.903. The Morgan fingerprint density at radius 3 is 2.86 bits per heavy atom. The minimum atomic E-state index is -0.162. The molecule has 0 saturated heterocycles. The van der Waals surface area contributed by atoms with Gasteiger partial charge in [-0.1, -0.05) is 6.92 Å². The van der Waals surface area contributed by atoms with E-state index in [0.717, 1.165) is 23.1 Å². The fraction of sp³-hybridized carbons (Fsp3) is 0.273. The molecule has 1 heterocycles. The summed E-state index contributed by atoms with van der Waals surface area (Å²) >= 11 is 1.44. The summed E-state index contributed by atoms with van der Waals surface area (Å²) in [6.45, 7) is 2.06. The highest BCUT2D eigenvalue weighted by Gasteiger charge is 2.11. The molecular weight excluding hydrogens is 199 g/mol. The SMILES string of the molecule is CCc1csc2c(F)ccc(OC)c12. The summed E-state index contributed by atoms with van der Waals surface area (Å²) in [5.41, 5.74) is 1.15. The van der Waals surface area contributed by atoms with Crippen LogP contribution >= 0.6 is 11.3 Å². The maximum atomic E-state index is 13.4. The van der Waals surface area contributed by atoms with Gasteiger partial charge in [0.15, 0.2) is 0 Å². The Bertz CT molecular complexity index is 462. The van der Waals surface area contributed by atoms with Crippen molar-refractivity contribution in [2.24, 2.45) is 0 Å². The van der Waals surface area contributed by atoms with Crippen LogP contribution in [0.3, 0.4) is 0 Å². The molecule has 3 heteroatoms. The summed E-state index contributed by atoms with van der Waals surface area (Å²) in [7, 11) is 1.61. The van der Waals surface area contributed by atoms with E-state index >= 15 is 0 Å². The molecule has 0 N–H and O–H groups in total. The van der Waals surface area contributed by atoms with Crippen LogP contribution < -0.4 is 4.74 Å². The minimum absolute atomic E-state index is 0.162. The first kappa shape index (κ1) is 9.46. The van der Waals surface area contributed by atoms with E-state index in [0.29, 0.717) is 4.70 Å². The van der Waals surface area contributed by atoms with E-state index < -0.39 is 0 Å². The average Bonchev–Trinajstić information content (AvgIpc) is 2.63. The highest BCUT2D eigenvalue weighted by molar-refractivity contribution is 7.17. The summed E-state index contributed by atoms with van der Waals surface area (Å²) in [6, 6.07) is 3.14. The molecule has 1 aromatic carbocycles. The van der Waals surface area contributed by atoms with Gasteiger partial charge >= 0.3 is 0 Å². The maximum Gasteiger partial charge on any atom is 0.141 e. The van der Waals surface area contributed by atoms with Crippen LogP contribution in [0.5, 0.6) is 5.75 Å². The van der Waals surface area contributed by atoms with Gasteiger partial charge in [0, 0.05) is 5.39 Å². The quantitative estimate of drug-likeness (QED) is 0.735. The smallest absolute Gasteiger partial charge is 0.141 e. The maximum absolute atomic E-state index is 13.4. The van der Waals surface area contributed by atoms with Crippen molar-refractivity contribution in [1.29, 1.82) is 0 Å². The van der Waals surface area contributed by atoms with Crippen molar-refractivity contribution in [2.45, 2.75) is 13.3 Å². The molecule has 0 aliphatic carbocycles. The van der Waals surface area contributed by atoms with Crippen molar-refractivity contribution in [2.75, 3.05) is 7.11 Å². The second-order valence-corrected chi connectivity index (χ2v) is 3.95. The van der Waals surface area contributed by atoms with Crippen molar-refractivity contribution in [3.8, 4) is 5.75 Å². The molecule has 0 unspecified atom stereocenters. The summed E-state index contributed by atoms with van der Waals surface area (Å²) in [4.78, 5) is 0. The zero-order valence-corrected chi connectivity index (χ0v) is 8.95. The number of hydrogen-bond donors (Lipinski definition) is 0. The van der Waals surface area contributed by atoms with Crippen LogP contribution in [0, 0.1) is 5.82 Å². The molecular formula is C11H11FOS. The standard InChI is InChI=1S/C11H11FOS/c1-3-7-6-14-11-8(12)4-5-9(13-2)10(7)11/h4-6H,3H2,1-2H3. The fourth-order valence-corrected chi connectivity index (χ4v) is 2.65. The van der Waals surface area contributed by atoms with Crippen molar-refractivity contribution >= 4 is 21.4 Å². The van der Waals surface area contributed by atoms with E-state index in [1.165, 1.54) is 17.4 Å². The van der Waals surface area contributed by atoms with Crippen LogP contribution in [-0.4, -0.2) is 7.11 Å². The predicted molar refractivity (Wildman–Crippen MR) is 57.7 cm³/mol. The second-order valence-electron chi connectivity index (χ2n) is 3.07. The molecule has 74 valence electrons. The zero-order chi connectivity index (χ0) is 10.1. The third kappa shape index (κ3) is 1.28. The van der Waals surface area contributed by atoms with Gasteiger partial charge in [0.05, 0.1) is 11.8 Å². The summed E-state index contributed by atoms with van der Waals surface area (Å²) < 4.78 is 19.3. The third-order valence-corrected chi connectivity index (χ3v) is 3.35. The molecule has 0 radical (unpaired) electrons. The molecule has 0 saturated carbocycles. The Labute approximate surface area is 86.1 Å². The Balaban J connectivity index is 2.82. The van der Waals surface area contributed by atoms with Gasteiger partial charge in [-0.3, -0.25) is 0 Å². The number of rotatable bonds is 2. The number of ether oxygens (including phenoxy) is 1. The van der Waals surface area contributed by atoms with Gasteiger partial charge in [-0.15, -0.1) is 11.3 Å². The molecule has 0 amide bonds. The first-order chi connectivity index (χ1) is 6.77. The molecule has 2 aromatic rings. The lowest BCUT2D eigenvalue weighted by Gasteiger charge is -2.03. The topological polar surface area (TPSA) is 9.23 Å². The minimum Gasteiger partial charge on any atom is -0.496 e. The first-order valence-corrected chi connectivity index (χ1v) is 5.38. The number of halogens is 1. The van der Waals surface area contributed by atoms with Gasteiger partial charge in [0.2, 0.25) is 0 Å². The number of benzene rings is 1. The molecule has 0 bridgehead atoms. The van der Waals surface area contributed by atoms with Gasteiger partial charge in [0.1, 0.15) is 11.6 Å². The number of hydrogen-bond acceptors (Lipinski definition) is 2. The lowest BCUT2D eigenvalue weighted by Crippen LogP contribution is -1.87. The van der Waals surface area contributed by atoms with Crippen LogP contribution in [0.1, 0.15) is 12.5 Å². The molecule has 0 fully saturated rings. The molecule has 0 atom stereocenters. The monoisotopic (exact) mass is 210 g/mol. The van der Waals surface area contributed by atoms with E-state index in [1.807, 2.05) is 5.38 Å². The molecule has 0 spiro atoms. The Hall–Kier alpha value is -1.09. The van der Waals surface area contributed by atoms with E-state index in [2.05, 4.69) is 6.92 Å². The van der Waals surface area contributed by atoms with E-state index in [1.54, 1.807) is 13.2 Å². The van der Waals surface area contributed by atoms with Crippen molar-refractivity contribution < 1.29 is 9.13 Å². The summed E-state index contributed by atoms with van der Waals surface area (Å²) in [5.74, 6) is 0.602. The second kappa shape index (κ2) is 3.58. The molecule has 0 aliphatic heterocycles. The van der Waals surface area contributed by atoms with E-state index in [9.17, 15) is 4.39 Å². The van der Waals surface area contributed by atoms with Gasteiger partial charge < -0.3 is 4.74 Å². The predicted octanol–water partition coefficient (Wildman–Crippen LogP) is 3.61. The fourth-order valence-electron chi connectivity index (χ4n) is 1.58. The summed E-state index contributed by atoms with van der Waals surface area (Å²) in [5, 5.41) is 2.93. The lowest BCUT2D eigenvalue weighted by atomic mass is 10.1. The van der Waals surface area contributed by atoms with Crippen molar-refractivity contribution in [3.63, 3.8) is 0 Å². The normalized spacial score (nSPS) is 10.8. The number of thiophene rings is 1. The third-order valence-electron chi connectivity index (χ3n) is 2.31. The first-order valence-electron chi connectivity index (χ1n) is 4.50. The van der Waals surface area contributed by atoms with Crippen LogP contribution in [0.4, 0.5) is 4.39 Å². The highest BCUT2D eigenvalue weighted by Crippen LogP contribution is 2.35. The number of methoxy groups -OCH3 is 1. The highest BCUT2D eigenvalue weighted by atomic mass is 32.1. The van der Waals surface area contributed by atoms with Crippen molar-refractivity contribution in [3.05, 3.63) is 28.9 Å². The van der Waals surface area contributed by atoms with E-state index in [4.69, 9.17) is 4.74 Å². The molecule has 0 aliphatic rings. The van der Waals surface area contributed by atoms with Gasteiger partial charge in [-0.2, -0.15) is 0 Å². The zero-order valence-electron chi connectivity index (χ0n) is 8.13. The Kier molecular flexibility index (Phi) is 2.42. The number of aryl methyl sites for hydroxylation is 1. The molecule has 1 nitrogen and oxygen atoms in total. The lowest BCUT2D eigenvalue weighted by molar-refractivity contribution is 0.419. The van der Waals surface area contributed by atoms with Crippen LogP contribution in [0.25, 0.3) is 10.1 Å². The Morgan fingerprint density at radius 1 is 1.43 bits per heavy atom.